The van der Waals surface area contributed by atoms with Crippen LogP contribution in [-0.4, -0.2) is 50.0 Å². The molecule has 3 heterocycles. The number of halogens is 1. The molecule has 2 N–H and O–H groups in total. The number of rotatable bonds is 6. The third-order valence-corrected chi connectivity index (χ3v) is 6.03. The zero-order valence-electron chi connectivity index (χ0n) is 17.5. The van der Waals surface area contributed by atoms with E-state index in [1.807, 2.05) is 0 Å². The number of H-pyrrole nitrogens is 1. The lowest BCUT2D eigenvalue weighted by molar-refractivity contribution is 0.0936. The minimum Gasteiger partial charge on any atom is -0.489 e. The summed E-state index contributed by atoms with van der Waals surface area (Å²) in [6.07, 6.45) is 1.10. The Morgan fingerprint density at radius 2 is 2.00 bits per heavy atom. The van der Waals surface area contributed by atoms with Gasteiger partial charge in [-0.25, -0.2) is 4.79 Å². The van der Waals surface area contributed by atoms with E-state index >= 15 is 0 Å². The van der Waals surface area contributed by atoms with Gasteiger partial charge in [-0.15, -0.1) is 0 Å². The molecule has 1 unspecified atom stereocenters. The molecule has 4 rings (SSSR count). The first-order valence-electron chi connectivity index (χ1n) is 10.3. The number of ether oxygens (including phenoxy) is 1. The molecule has 0 saturated carbocycles. The van der Waals surface area contributed by atoms with Crippen molar-refractivity contribution in [3.63, 3.8) is 0 Å². The quantitative estimate of drug-likeness (QED) is 0.596. The van der Waals surface area contributed by atoms with Gasteiger partial charge in [-0.2, -0.15) is 4.98 Å². The maximum atomic E-state index is 12.6. The Kier molecular flexibility index (Phi) is 6.06. The van der Waals surface area contributed by atoms with Crippen molar-refractivity contribution in [3.8, 4) is 5.75 Å². The second-order valence-electron chi connectivity index (χ2n) is 8.08. The summed E-state index contributed by atoms with van der Waals surface area (Å²) in [5.74, 6) is 1.67. The normalized spacial score (nSPS) is 16.1. The van der Waals surface area contributed by atoms with Crippen LogP contribution in [0, 0.1) is 5.92 Å². The summed E-state index contributed by atoms with van der Waals surface area (Å²) in [6.45, 7) is 3.88. The number of aryl methyl sites for hydroxylation is 1. The van der Waals surface area contributed by atoms with Crippen LogP contribution < -0.4 is 20.9 Å². The van der Waals surface area contributed by atoms with Crippen LogP contribution in [-0.2, 0) is 13.6 Å². The summed E-state index contributed by atoms with van der Waals surface area (Å²) in [4.78, 5) is 33.8. The predicted molar refractivity (Wildman–Crippen MR) is 119 cm³/mol. The van der Waals surface area contributed by atoms with E-state index in [2.05, 4.69) is 21.8 Å². The summed E-state index contributed by atoms with van der Waals surface area (Å²) >= 11 is 6.11. The number of hydrogen-bond acceptors (Lipinski definition) is 6. The van der Waals surface area contributed by atoms with Gasteiger partial charge in [0.05, 0.1) is 11.6 Å². The molecule has 10 heteroatoms. The summed E-state index contributed by atoms with van der Waals surface area (Å²) in [6, 6.07) is 7.03. The Hall–Kier alpha value is -2.78. The van der Waals surface area contributed by atoms with E-state index in [1.54, 1.807) is 35.9 Å². The van der Waals surface area contributed by atoms with Crippen LogP contribution in [0.25, 0.3) is 11.2 Å². The molecular formula is C21H26ClN5O4. The molecule has 31 heavy (non-hydrogen) atoms. The second-order valence-corrected chi connectivity index (χ2v) is 8.48. The molecule has 1 aliphatic heterocycles. The highest BCUT2D eigenvalue weighted by molar-refractivity contribution is 6.32. The number of nitrogens with one attached hydrogen (secondary N) is 1. The number of aromatic nitrogens is 4. The average molecular weight is 448 g/mol. The first kappa shape index (κ1) is 21.5. The fraction of sp³-hybridized carbons (Fsp3) is 0.476. The standard InChI is InChI=1S/C21H26ClN5O4/c1-13-7-9-26(10-8-13)20-23-18-17(19(29)24-21(30)25(18)2)27(20)11-14(28)12-31-16-6-4-3-5-15(16)22/h3-6,13-14,28H,7-12H2,1-2H3,(H,24,29,30). The van der Waals surface area contributed by atoms with Gasteiger partial charge in [0, 0.05) is 20.1 Å². The minimum absolute atomic E-state index is 0.0104. The highest BCUT2D eigenvalue weighted by Crippen LogP contribution is 2.26. The van der Waals surface area contributed by atoms with Gasteiger partial charge in [0.1, 0.15) is 18.5 Å². The largest absolute Gasteiger partial charge is 0.489 e. The summed E-state index contributed by atoms with van der Waals surface area (Å²) in [5, 5.41) is 11.2. The van der Waals surface area contributed by atoms with Crippen molar-refractivity contribution in [3.05, 3.63) is 50.1 Å². The van der Waals surface area contributed by atoms with Gasteiger partial charge in [-0.1, -0.05) is 30.7 Å². The second kappa shape index (κ2) is 8.76. The molecule has 1 saturated heterocycles. The maximum absolute atomic E-state index is 12.6. The molecule has 2 aromatic heterocycles. The molecule has 166 valence electrons. The molecule has 0 amide bonds. The van der Waals surface area contributed by atoms with Gasteiger partial charge in [-0.3, -0.25) is 14.3 Å². The van der Waals surface area contributed by atoms with Crippen LogP contribution in [0.4, 0.5) is 5.95 Å². The van der Waals surface area contributed by atoms with Gasteiger partial charge in [-0.05, 0) is 30.9 Å². The topological polar surface area (TPSA) is 105 Å². The van der Waals surface area contributed by atoms with Crippen molar-refractivity contribution in [2.45, 2.75) is 32.4 Å². The van der Waals surface area contributed by atoms with E-state index in [-0.39, 0.29) is 18.7 Å². The first-order valence-corrected chi connectivity index (χ1v) is 10.7. The van der Waals surface area contributed by atoms with Crippen LogP contribution in [0.5, 0.6) is 5.75 Å². The molecule has 1 fully saturated rings. The lowest BCUT2D eigenvalue weighted by Gasteiger charge is -2.31. The van der Waals surface area contributed by atoms with Crippen molar-refractivity contribution < 1.29 is 9.84 Å². The van der Waals surface area contributed by atoms with Gasteiger partial charge >= 0.3 is 5.69 Å². The monoisotopic (exact) mass is 447 g/mol. The Labute approximate surface area is 183 Å². The van der Waals surface area contributed by atoms with Gasteiger partial charge in [0.2, 0.25) is 5.95 Å². The van der Waals surface area contributed by atoms with Crippen molar-refractivity contribution >= 4 is 28.7 Å². The van der Waals surface area contributed by atoms with E-state index in [1.165, 1.54) is 4.57 Å². The molecular weight excluding hydrogens is 422 g/mol. The summed E-state index contributed by atoms with van der Waals surface area (Å²) < 4.78 is 8.66. The van der Waals surface area contributed by atoms with Crippen molar-refractivity contribution in [2.24, 2.45) is 13.0 Å². The smallest absolute Gasteiger partial charge is 0.329 e. The Balaban J connectivity index is 1.67. The third-order valence-electron chi connectivity index (χ3n) is 5.71. The van der Waals surface area contributed by atoms with Crippen LogP contribution in [0.3, 0.4) is 0 Å². The highest BCUT2D eigenvalue weighted by Gasteiger charge is 2.25. The number of aliphatic hydroxyl groups excluding tert-OH is 1. The zero-order valence-corrected chi connectivity index (χ0v) is 18.3. The van der Waals surface area contributed by atoms with E-state index in [9.17, 15) is 14.7 Å². The van der Waals surface area contributed by atoms with E-state index in [4.69, 9.17) is 16.3 Å². The molecule has 0 aliphatic carbocycles. The molecule has 1 aromatic carbocycles. The average Bonchev–Trinajstić information content (AvgIpc) is 3.12. The molecule has 9 nitrogen and oxygen atoms in total. The predicted octanol–water partition coefficient (Wildman–Crippen LogP) is 1.75. The number of nitrogens with zero attached hydrogens (tertiary/aromatic N) is 4. The number of para-hydroxylation sites is 1. The Morgan fingerprint density at radius 1 is 1.29 bits per heavy atom. The number of anilines is 1. The van der Waals surface area contributed by atoms with Crippen LogP contribution in [0.15, 0.2) is 33.9 Å². The lowest BCUT2D eigenvalue weighted by Crippen LogP contribution is -2.36. The highest BCUT2D eigenvalue weighted by atomic mass is 35.5. The van der Waals surface area contributed by atoms with Crippen molar-refractivity contribution in [1.29, 1.82) is 0 Å². The molecule has 3 aromatic rings. The lowest BCUT2D eigenvalue weighted by atomic mass is 10.00. The van der Waals surface area contributed by atoms with Crippen LogP contribution in [0.2, 0.25) is 5.02 Å². The van der Waals surface area contributed by atoms with Gasteiger partial charge < -0.3 is 19.3 Å². The molecule has 0 radical (unpaired) electrons. The molecule has 0 spiro atoms. The number of aliphatic hydroxyl groups is 1. The number of benzene rings is 1. The number of piperidine rings is 1. The fourth-order valence-corrected chi connectivity index (χ4v) is 4.05. The number of aromatic amines is 1. The van der Waals surface area contributed by atoms with E-state index < -0.39 is 17.4 Å². The molecule has 0 bridgehead atoms. The number of imidazole rings is 1. The fourth-order valence-electron chi connectivity index (χ4n) is 3.86. The zero-order chi connectivity index (χ0) is 22.1. The summed E-state index contributed by atoms with van der Waals surface area (Å²) in [7, 11) is 1.57. The minimum atomic E-state index is -0.923. The van der Waals surface area contributed by atoms with Crippen molar-refractivity contribution in [1.82, 2.24) is 19.1 Å². The SMILES string of the molecule is CC1CCN(c2nc3c(c(=O)[nH]c(=O)n3C)n2CC(O)COc2ccccc2Cl)CC1. The molecule has 1 aliphatic rings. The van der Waals surface area contributed by atoms with Gasteiger partial charge in [0.15, 0.2) is 11.2 Å². The van der Waals surface area contributed by atoms with Gasteiger partial charge in [0.25, 0.3) is 5.56 Å². The Morgan fingerprint density at radius 3 is 2.71 bits per heavy atom. The van der Waals surface area contributed by atoms with E-state index in [0.717, 1.165) is 25.9 Å². The van der Waals surface area contributed by atoms with Crippen molar-refractivity contribution in [2.75, 3.05) is 24.6 Å². The molecule has 1 atom stereocenters. The third kappa shape index (κ3) is 4.33. The number of fused-ring (bicyclic) bond motifs is 1. The first-order chi connectivity index (χ1) is 14.8. The number of hydrogen-bond donors (Lipinski definition) is 2. The summed E-state index contributed by atoms with van der Waals surface area (Å²) in [5.41, 5.74) is -0.501. The van der Waals surface area contributed by atoms with E-state index in [0.29, 0.717) is 28.3 Å². The van der Waals surface area contributed by atoms with Crippen LogP contribution >= 0.6 is 11.6 Å². The maximum Gasteiger partial charge on any atom is 0.329 e. The Bertz CT molecular complexity index is 1190. The van der Waals surface area contributed by atoms with Crippen LogP contribution in [0.1, 0.15) is 19.8 Å².